The van der Waals surface area contributed by atoms with E-state index in [0.717, 1.165) is 22.2 Å². The molecule has 5 heteroatoms. The minimum atomic E-state index is -0.00687. The summed E-state index contributed by atoms with van der Waals surface area (Å²) < 4.78 is 10.7. The number of imidazole rings is 1. The molecule has 0 saturated carbocycles. The van der Waals surface area contributed by atoms with E-state index in [1.165, 1.54) is 0 Å². The summed E-state index contributed by atoms with van der Waals surface area (Å²) in [5, 5.41) is 0. The van der Waals surface area contributed by atoms with E-state index in [4.69, 9.17) is 9.47 Å². The van der Waals surface area contributed by atoms with E-state index >= 15 is 0 Å². The molecule has 5 nitrogen and oxygen atoms in total. The van der Waals surface area contributed by atoms with E-state index in [1.54, 1.807) is 20.5 Å². The van der Waals surface area contributed by atoms with Crippen molar-refractivity contribution in [3.63, 3.8) is 0 Å². The van der Waals surface area contributed by atoms with Crippen molar-refractivity contribution in [1.82, 2.24) is 9.97 Å². The Morgan fingerprint density at radius 2 is 1.79 bits per heavy atom. The maximum absolute atomic E-state index is 13.2. The van der Waals surface area contributed by atoms with Crippen LogP contribution in [0.5, 0.6) is 11.5 Å². The Labute approximate surface area is 163 Å². The van der Waals surface area contributed by atoms with Gasteiger partial charge in [0.1, 0.15) is 0 Å². The van der Waals surface area contributed by atoms with Gasteiger partial charge in [0.25, 0.3) is 0 Å². The van der Waals surface area contributed by atoms with Gasteiger partial charge in [-0.3, -0.25) is 4.79 Å². The molecule has 0 aliphatic rings. The Hall–Kier alpha value is -3.60. The number of hydrogen-bond acceptors (Lipinski definition) is 4. The Balaban J connectivity index is 1.67. The number of nitrogens with one attached hydrogen (secondary N) is 1. The monoisotopic (exact) mass is 372 g/mol. The van der Waals surface area contributed by atoms with Gasteiger partial charge in [0, 0.05) is 11.1 Å². The molecular weight excluding hydrogens is 352 g/mol. The van der Waals surface area contributed by atoms with E-state index in [-0.39, 0.29) is 5.78 Å². The third kappa shape index (κ3) is 3.34. The Bertz CT molecular complexity index is 1150. The van der Waals surface area contributed by atoms with Crippen molar-refractivity contribution >= 4 is 16.8 Å². The number of hydrogen-bond donors (Lipinski definition) is 1. The normalized spacial score (nSPS) is 10.8. The molecule has 140 valence electrons. The van der Waals surface area contributed by atoms with Crippen LogP contribution in [0.1, 0.15) is 27.0 Å². The molecule has 1 aromatic heterocycles. The summed E-state index contributed by atoms with van der Waals surface area (Å²) in [4.78, 5) is 20.4. The van der Waals surface area contributed by atoms with Crippen molar-refractivity contribution in [1.29, 1.82) is 0 Å². The second-order valence-corrected chi connectivity index (χ2v) is 6.49. The van der Waals surface area contributed by atoms with Crippen LogP contribution in [0.25, 0.3) is 11.0 Å². The lowest BCUT2D eigenvalue weighted by atomic mass is 9.94. The highest BCUT2D eigenvalue weighted by Gasteiger charge is 2.15. The standard InChI is InChI=1S/C23H20N2O3/c1-27-21-10-7-15(12-22(21)28-2)11-16-5-3-4-6-18(16)23(26)17-8-9-19-20(13-17)25-14-24-19/h3-10,12-14H,11H2,1-2H3,(H,24,25). The van der Waals surface area contributed by atoms with Gasteiger partial charge in [-0.05, 0) is 47.9 Å². The first-order valence-corrected chi connectivity index (χ1v) is 8.96. The molecule has 0 amide bonds. The number of H-pyrrole nitrogens is 1. The van der Waals surface area contributed by atoms with E-state index in [9.17, 15) is 4.79 Å². The van der Waals surface area contributed by atoms with Gasteiger partial charge in [-0.1, -0.05) is 30.3 Å². The fraction of sp³-hybridized carbons (Fsp3) is 0.130. The number of ketones is 1. The number of carbonyl (C=O) groups is 1. The topological polar surface area (TPSA) is 64.2 Å². The molecule has 4 aromatic rings. The van der Waals surface area contributed by atoms with Crippen LogP contribution in [0, 0.1) is 0 Å². The zero-order valence-corrected chi connectivity index (χ0v) is 15.7. The van der Waals surface area contributed by atoms with Crippen LogP contribution in [0.3, 0.4) is 0 Å². The first-order valence-electron chi connectivity index (χ1n) is 8.96. The molecule has 0 unspecified atom stereocenters. The summed E-state index contributed by atoms with van der Waals surface area (Å²) >= 11 is 0. The number of fused-ring (bicyclic) bond motifs is 1. The summed E-state index contributed by atoms with van der Waals surface area (Å²) in [5.41, 5.74) is 5.03. The number of ether oxygens (including phenoxy) is 2. The quantitative estimate of drug-likeness (QED) is 0.510. The number of nitrogens with zero attached hydrogens (tertiary/aromatic N) is 1. The number of carbonyl (C=O) groups excluding carboxylic acids is 1. The van der Waals surface area contributed by atoms with Gasteiger partial charge in [0.2, 0.25) is 0 Å². The molecule has 1 N–H and O–H groups in total. The van der Waals surface area contributed by atoms with Gasteiger partial charge in [-0.2, -0.15) is 0 Å². The van der Waals surface area contributed by atoms with Gasteiger partial charge in [0.05, 0.1) is 31.6 Å². The van der Waals surface area contributed by atoms with Gasteiger partial charge in [0.15, 0.2) is 17.3 Å². The molecule has 3 aromatic carbocycles. The highest BCUT2D eigenvalue weighted by atomic mass is 16.5. The predicted molar refractivity (Wildman–Crippen MR) is 108 cm³/mol. The minimum absolute atomic E-state index is 0.00687. The predicted octanol–water partition coefficient (Wildman–Crippen LogP) is 4.40. The van der Waals surface area contributed by atoms with Crippen molar-refractivity contribution in [3.05, 3.63) is 89.2 Å². The number of methoxy groups -OCH3 is 2. The molecule has 1 heterocycles. The van der Waals surface area contributed by atoms with Crippen LogP contribution in [-0.4, -0.2) is 30.0 Å². The van der Waals surface area contributed by atoms with Gasteiger partial charge >= 0.3 is 0 Å². The molecule has 0 aliphatic heterocycles. The highest BCUT2D eigenvalue weighted by Crippen LogP contribution is 2.29. The van der Waals surface area contributed by atoms with E-state index < -0.39 is 0 Å². The summed E-state index contributed by atoms with van der Waals surface area (Å²) in [6.07, 6.45) is 2.25. The lowest BCUT2D eigenvalue weighted by Crippen LogP contribution is -2.06. The van der Waals surface area contributed by atoms with Crippen molar-refractivity contribution in [2.45, 2.75) is 6.42 Å². The molecule has 0 spiro atoms. The second kappa shape index (κ2) is 7.56. The highest BCUT2D eigenvalue weighted by molar-refractivity contribution is 6.11. The summed E-state index contributed by atoms with van der Waals surface area (Å²) in [6.45, 7) is 0. The zero-order valence-electron chi connectivity index (χ0n) is 15.7. The van der Waals surface area contributed by atoms with Crippen molar-refractivity contribution < 1.29 is 14.3 Å². The molecule has 0 bridgehead atoms. The summed E-state index contributed by atoms with van der Waals surface area (Å²) in [6, 6.07) is 19.0. The largest absolute Gasteiger partial charge is 0.493 e. The van der Waals surface area contributed by atoms with Crippen LogP contribution in [0.4, 0.5) is 0 Å². The Morgan fingerprint density at radius 3 is 2.61 bits per heavy atom. The molecule has 28 heavy (non-hydrogen) atoms. The molecule has 0 atom stereocenters. The average Bonchev–Trinajstić information content (AvgIpc) is 3.21. The summed E-state index contributed by atoms with van der Waals surface area (Å²) in [5.74, 6) is 1.35. The number of rotatable bonds is 6. The fourth-order valence-electron chi connectivity index (χ4n) is 3.34. The molecule has 0 aliphatic carbocycles. The van der Waals surface area contributed by atoms with Crippen molar-refractivity contribution in [2.75, 3.05) is 14.2 Å². The molecular formula is C23H20N2O3. The number of benzene rings is 3. The molecule has 0 saturated heterocycles. The smallest absolute Gasteiger partial charge is 0.193 e. The summed E-state index contributed by atoms with van der Waals surface area (Å²) in [7, 11) is 3.23. The average molecular weight is 372 g/mol. The SMILES string of the molecule is COc1ccc(Cc2ccccc2C(=O)c2ccc3nc[nH]c3c2)cc1OC. The van der Waals surface area contributed by atoms with E-state index in [0.29, 0.717) is 29.0 Å². The van der Waals surface area contributed by atoms with Gasteiger partial charge in [-0.15, -0.1) is 0 Å². The third-order valence-electron chi connectivity index (χ3n) is 4.79. The first-order chi connectivity index (χ1) is 13.7. The van der Waals surface area contributed by atoms with E-state index in [2.05, 4.69) is 9.97 Å². The number of aromatic nitrogens is 2. The van der Waals surface area contributed by atoms with Crippen LogP contribution in [0.2, 0.25) is 0 Å². The first kappa shape index (κ1) is 17.8. The second-order valence-electron chi connectivity index (χ2n) is 6.49. The molecule has 0 radical (unpaired) electrons. The molecule has 4 rings (SSSR count). The van der Waals surface area contributed by atoms with Crippen LogP contribution in [-0.2, 0) is 6.42 Å². The van der Waals surface area contributed by atoms with Gasteiger partial charge < -0.3 is 14.5 Å². The Kier molecular flexibility index (Phi) is 4.81. The minimum Gasteiger partial charge on any atom is -0.493 e. The van der Waals surface area contributed by atoms with Crippen molar-refractivity contribution in [3.8, 4) is 11.5 Å². The number of aromatic amines is 1. The lowest BCUT2D eigenvalue weighted by molar-refractivity contribution is 0.103. The van der Waals surface area contributed by atoms with Gasteiger partial charge in [-0.25, -0.2) is 4.98 Å². The maximum atomic E-state index is 13.2. The third-order valence-corrected chi connectivity index (χ3v) is 4.79. The van der Waals surface area contributed by atoms with Crippen LogP contribution < -0.4 is 9.47 Å². The van der Waals surface area contributed by atoms with Crippen LogP contribution >= 0.6 is 0 Å². The van der Waals surface area contributed by atoms with Crippen molar-refractivity contribution in [2.24, 2.45) is 0 Å². The zero-order chi connectivity index (χ0) is 19.5. The van der Waals surface area contributed by atoms with E-state index in [1.807, 2.05) is 60.7 Å². The van der Waals surface area contributed by atoms with Crippen LogP contribution in [0.15, 0.2) is 67.0 Å². The maximum Gasteiger partial charge on any atom is 0.193 e. The molecule has 0 fully saturated rings. The Morgan fingerprint density at radius 1 is 0.964 bits per heavy atom. The lowest BCUT2D eigenvalue weighted by Gasteiger charge is -2.12. The fourth-order valence-corrected chi connectivity index (χ4v) is 3.34.